The molecule has 0 spiro atoms. The van der Waals surface area contributed by atoms with Crippen molar-refractivity contribution in [2.24, 2.45) is 0 Å². The Kier molecular flexibility index (Phi) is 2.98. The van der Waals surface area contributed by atoms with Crippen LogP contribution in [0, 0.1) is 0 Å². The van der Waals surface area contributed by atoms with E-state index in [4.69, 9.17) is 24.4 Å². The van der Waals surface area contributed by atoms with E-state index in [0.717, 1.165) is 22.5 Å². The average Bonchev–Trinajstić information content (AvgIpc) is 3.09. The summed E-state index contributed by atoms with van der Waals surface area (Å²) in [4.78, 5) is 18.0. The summed E-state index contributed by atoms with van der Waals surface area (Å²) in [6.45, 7) is 0. The lowest BCUT2D eigenvalue weighted by Gasteiger charge is -2.07. The molecule has 0 aliphatic carbocycles. The lowest BCUT2D eigenvalue weighted by Crippen LogP contribution is -2.20. The van der Waals surface area contributed by atoms with Crippen LogP contribution in [0.25, 0.3) is 11.4 Å². The van der Waals surface area contributed by atoms with E-state index in [0.29, 0.717) is 21.4 Å². The fraction of sp³-hybridized carbons (Fsp3) is 0. The largest absolute Gasteiger partial charge is 0.344 e. The van der Waals surface area contributed by atoms with Crippen molar-refractivity contribution in [3.63, 3.8) is 0 Å². The van der Waals surface area contributed by atoms with Crippen LogP contribution in [-0.2, 0) is 0 Å². The highest BCUT2D eigenvalue weighted by atomic mass is 32.1. The molecule has 0 atom stereocenters. The van der Waals surface area contributed by atoms with Crippen LogP contribution in [0.2, 0.25) is 0 Å². The van der Waals surface area contributed by atoms with Crippen molar-refractivity contribution in [2.75, 3.05) is 0 Å². The summed E-state index contributed by atoms with van der Waals surface area (Å²) in [6, 6.07) is 0. The molecule has 2 aromatic heterocycles. The number of nitrogens with zero attached hydrogens (tertiary/aromatic N) is 4. The topological polar surface area (TPSA) is 75.6 Å². The van der Waals surface area contributed by atoms with Crippen LogP contribution in [0.1, 0.15) is 11.4 Å². The smallest absolute Gasteiger partial charge is 0.114 e. The third kappa shape index (κ3) is 1.92. The highest BCUT2D eigenvalue weighted by molar-refractivity contribution is 7.81. The van der Waals surface area contributed by atoms with Gasteiger partial charge in [0.1, 0.15) is 21.4 Å². The summed E-state index contributed by atoms with van der Waals surface area (Å²) in [5, 5.41) is 6.35. The molecule has 0 aromatic carbocycles. The lowest BCUT2D eigenvalue weighted by molar-refractivity contribution is 1.13. The minimum absolute atomic E-state index is 0.587. The maximum absolute atomic E-state index is 5.46. The molecule has 4 heterocycles. The van der Waals surface area contributed by atoms with Crippen molar-refractivity contribution in [2.45, 2.75) is 0 Å². The second kappa shape index (κ2) is 5.00. The van der Waals surface area contributed by atoms with Gasteiger partial charge in [-0.25, -0.2) is 0 Å². The molecule has 8 heteroatoms. The Balaban J connectivity index is 1.93. The zero-order valence-corrected chi connectivity index (χ0v) is 12.7. The average molecular weight is 324 g/mol. The second-order valence-corrected chi connectivity index (χ2v) is 5.41. The van der Waals surface area contributed by atoms with E-state index in [1.165, 1.54) is 0 Å². The zero-order valence-electron chi connectivity index (χ0n) is 11.1. The van der Waals surface area contributed by atoms with E-state index >= 15 is 0 Å². The number of hydrogen-bond donors (Lipinski definition) is 2. The van der Waals surface area contributed by atoms with Crippen LogP contribution in [0.5, 0.6) is 0 Å². The standard InChI is InChI=1S/C14H8N6S2/c21-13-9-10(12(20-13)8-6-16-2-4-18-8)14(22)19-11(9)7-5-15-1-3-17-7/h1-6H,(H,19,22)(H,20,21). The molecule has 0 fully saturated rings. The molecule has 2 aliphatic rings. The molecule has 0 amide bonds. The first-order valence-electron chi connectivity index (χ1n) is 6.40. The van der Waals surface area contributed by atoms with Gasteiger partial charge in [-0.15, -0.1) is 0 Å². The molecule has 6 nitrogen and oxygen atoms in total. The Labute approximate surface area is 136 Å². The number of aromatic nitrogens is 4. The summed E-state index contributed by atoms with van der Waals surface area (Å²) in [5.74, 6) is 0. The van der Waals surface area contributed by atoms with Crippen LogP contribution >= 0.6 is 24.4 Å². The van der Waals surface area contributed by atoms with Crippen molar-refractivity contribution >= 4 is 45.8 Å². The highest BCUT2D eigenvalue weighted by Gasteiger charge is 2.37. The van der Waals surface area contributed by atoms with E-state index in [1.807, 2.05) is 0 Å². The molecule has 0 unspecified atom stereocenters. The number of rotatable bonds is 2. The van der Waals surface area contributed by atoms with Crippen LogP contribution in [0.15, 0.2) is 48.3 Å². The quantitative estimate of drug-likeness (QED) is 0.800. The molecule has 2 aliphatic heterocycles. The van der Waals surface area contributed by atoms with Crippen LogP contribution in [0.3, 0.4) is 0 Å². The molecule has 2 aromatic rings. The molecular weight excluding hydrogens is 316 g/mol. The SMILES string of the molecule is S=C1NC(c2cnccn2)=C2C(=S)NC(c3cnccn3)=C12. The van der Waals surface area contributed by atoms with Gasteiger partial charge in [-0.05, 0) is 0 Å². The van der Waals surface area contributed by atoms with Crippen molar-refractivity contribution < 1.29 is 0 Å². The van der Waals surface area contributed by atoms with Crippen LogP contribution in [0.4, 0.5) is 0 Å². The van der Waals surface area contributed by atoms with E-state index in [9.17, 15) is 0 Å². The van der Waals surface area contributed by atoms with Crippen LogP contribution < -0.4 is 10.6 Å². The van der Waals surface area contributed by atoms with Gasteiger partial charge in [0, 0.05) is 35.9 Å². The lowest BCUT2D eigenvalue weighted by atomic mass is 10.1. The van der Waals surface area contributed by atoms with E-state index in [1.54, 1.807) is 37.2 Å². The second-order valence-electron chi connectivity index (χ2n) is 4.59. The molecule has 2 N–H and O–H groups in total. The Morgan fingerprint density at radius 2 is 1.14 bits per heavy atom. The Morgan fingerprint density at radius 3 is 1.50 bits per heavy atom. The van der Waals surface area contributed by atoms with E-state index in [-0.39, 0.29) is 0 Å². The summed E-state index contributed by atoms with van der Waals surface area (Å²) in [5.41, 5.74) is 4.59. The molecule has 0 saturated heterocycles. The Hall–Kier alpha value is -2.58. The minimum atomic E-state index is 0.587. The van der Waals surface area contributed by atoms with Gasteiger partial charge in [0.2, 0.25) is 0 Å². The van der Waals surface area contributed by atoms with Gasteiger partial charge < -0.3 is 10.6 Å². The first kappa shape index (κ1) is 13.1. The summed E-state index contributed by atoms with van der Waals surface area (Å²) < 4.78 is 0. The fourth-order valence-electron chi connectivity index (χ4n) is 2.42. The number of fused-ring (bicyclic) bond motifs is 1. The summed E-state index contributed by atoms with van der Waals surface area (Å²) in [7, 11) is 0. The fourth-order valence-corrected chi connectivity index (χ4v) is 3.03. The van der Waals surface area contributed by atoms with Gasteiger partial charge >= 0.3 is 0 Å². The maximum atomic E-state index is 5.46. The monoisotopic (exact) mass is 324 g/mol. The normalized spacial score (nSPS) is 16.7. The van der Waals surface area contributed by atoms with Crippen molar-refractivity contribution in [1.82, 2.24) is 30.6 Å². The molecule has 0 saturated carbocycles. The Morgan fingerprint density at radius 1 is 0.682 bits per heavy atom. The first-order chi connectivity index (χ1) is 10.8. The molecule has 0 radical (unpaired) electrons. The zero-order chi connectivity index (χ0) is 15.1. The van der Waals surface area contributed by atoms with Gasteiger partial charge in [-0.2, -0.15) is 0 Å². The van der Waals surface area contributed by atoms with E-state index < -0.39 is 0 Å². The number of nitrogens with one attached hydrogen (secondary N) is 2. The first-order valence-corrected chi connectivity index (χ1v) is 7.22. The third-order valence-corrected chi connectivity index (χ3v) is 3.93. The molecule has 22 heavy (non-hydrogen) atoms. The van der Waals surface area contributed by atoms with Gasteiger partial charge in [0.25, 0.3) is 0 Å². The molecule has 4 rings (SSSR count). The molecular formula is C14H8N6S2. The van der Waals surface area contributed by atoms with E-state index in [2.05, 4.69) is 30.6 Å². The highest BCUT2D eigenvalue weighted by Crippen LogP contribution is 2.37. The summed E-state index contributed by atoms with van der Waals surface area (Å²) in [6.07, 6.45) is 9.84. The maximum Gasteiger partial charge on any atom is 0.114 e. The van der Waals surface area contributed by atoms with Gasteiger partial charge in [-0.1, -0.05) is 24.4 Å². The van der Waals surface area contributed by atoms with Gasteiger partial charge in [-0.3, -0.25) is 19.9 Å². The predicted molar refractivity (Wildman–Crippen MR) is 89.4 cm³/mol. The number of hydrogen-bond acceptors (Lipinski definition) is 6. The summed E-state index contributed by atoms with van der Waals surface area (Å²) >= 11 is 10.9. The number of thiocarbonyl (C=S) groups is 2. The molecule has 0 bridgehead atoms. The van der Waals surface area contributed by atoms with Gasteiger partial charge in [0.05, 0.1) is 23.8 Å². The molecule has 106 valence electrons. The predicted octanol–water partition coefficient (Wildman–Crippen LogP) is 1.25. The Bertz CT molecular complexity index is 784. The van der Waals surface area contributed by atoms with Crippen molar-refractivity contribution in [3.05, 3.63) is 59.7 Å². The minimum Gasteiger partial charge on any atom is -0.344 e. The third-order valence-electron chi connectivity index (χ3n) is 3.32. The van der Waals surface area contributed by atoms with Crippen LogP contribution in [-0.4, -0.2) is 29.9 Å². The van der Waals surface area contributed by atoms with Gasteiger partial charge in [0.15, 0.2) is 0 Å². The van der Waals surface area contributed by atoms with Crippen molar-refractivity contribution in [3.8, 4) is 0 Å². The van der Waals surface area contributed by atoms with Crippen molar-refractivity contribution in [1.29, 1.82) is 0 Å².